The average Bonchev–Trinajstić information content (AvgIpc) is 2.62. The van der Waals surface area contributed by atoms with E-state index in [-0.39, 0.29) is 11.8 Å². The first-order valence-electron chi connectivity index (χ1n) is 4.92. The van der Waals surface area contributed by atoms with Crippen LogP contribution in [-0.4, -0.2) is 34.1 Å². The average molecular weight is 207 g/mol. The molecule has 0 radical (unpaired) electrons. The summed E-state index contributed by atoms with van der Waals surface area (Å²) >= 11 is 0. The molecule has 2 rings (SSSR count). The molecule has 1 aromatic heterocycles. The van der Waals surface area contributed by atoms with Crippen LogP contribution >= 0.6 is 0 Å². The van der Waals surface area contributed by atoms with Gasteiger partial charge in [0.1, 0.15) is 12.1 Å². The molecule has 0 saturated carbocycles. The summed E-state index contributed by atoms with van der Waals surface area (Å²) in [5.74, 6) is -0.0444. The minimum absolute atomic E-state index is 0.164. The van der Waals surface area contributed by atoms with Gasteiger partial charge in [-0.25, -0.2) is 9.97 Å². The van der Waals surface area contributed by atoms with E-state index in [1.54, 1.807) is 12.3 Å². The SMILES string of the molecule is C[C@@H]1CN(c2ccncn2)C[C@H]1C(=O)O. The van der Waals surface area contributed by atoms with Crippen LogP contribution in [0.5, 0.6) is 0 Å². The van der Waals surface area contributed by atoms with E-state index in [0.29, 0.717) is 6.54 Å². The Morgan fingerprint density at radius 1 is 1.60 bits per heavy atom. The Labute approximate surface area is 87.8 Å². The van der Waals surface area contributed by atoms with Crippen LogP contribution in [-0.2, 0) is 4.79 Å². The molecule has 0 amide bonds. The van der Waals surface area contributed by atoms with Gasteiger partial charge in [0.25, 0.3) is 0 Å². The van der Waals surface area contributed by atoms with Gasteiger partial charge in [-0.2, -0.15) is 0 Å². The second kappa shape index (κ2) is 3.84. The predicted octanol–water partition coefficient (Wildman–Crippen LogP) is 0.633. The third-order valence-corrected chi connectivity index (χ3v) is 2.82. The van der Waals surface area contributed by atoms with Gasteiger partial charge in [-0.3, -0.25) is 4.79 Å². The van der Waals surface area contributed by atoms with Crippen LogP contribution in [0.2, 0.25) is 0 Å². The van der Waals surface area contributed by atoms with Crippen molar-refractivity contribution in [2.75, 3.05) is 18.0 Å². The smallest absolute Gasteiger partial charge is 0.308 e. The molecule has 0 unspecified atom stereocenters. The standard InChI is InChI=1S/C10H13N3O2/c1-7-4-13(5-8(7)10(14)15)9-2-3-11-6-12-9/h2-3,6-8H,4-5H2,1H3,(H,14,15)/t7-,8-/m1/s1. The molecule has 5 nitrogen and oxygen atoms in total. The molecule has 1 fully saturated rings. The highest BCUT2D eigenvalue weighted by Gasteiger charge is 2.35. The number of rotatable bonds is 2. The minimum atomic E-state index is -0.723. The molecule has 1 saturated heterocycles. The number of aliphatic carboxylic acids is 1. The first kappa shape index (κ1) is 9.89. The molecule has 1 aromatic rings. The molecule has 15 heavy (non-hydrogen) atoms. The van der Waals surface area contributed by atoms with Gasteiger partial charge in [-0.05, 0) is 12.0 Å². The Bertz CT molecular complexity index is 355. The van der Waals surface area contributed by atoms with Crippen LogP contribution in [0.25, 0.3) is 0 Å². The van der Waals surface area contributed by atoms with Crippen molar-refractivity contribution < 1.29 is 9.90 Å². The van der Waals surface area contributed by atoms with Crippen molar-refractivity contribution >= 4 is 11.8 Å². The summed E-state index contributed by atoms with van der Waals surface area (Å²) in [6, 6.07) is 1.80. The van der Waals surface area contributed by atoms with Crippen molar-refractivity contribution in [2.24, 2.45) is 11.8 Å². The third-order valence-electron chi connectivity index (χ3n) is 2.82. The number of carbonyl (C=O) groups is 1. The van der Waals surface area contributed by atoms with Crippen LogP contribution < -0.4 is 4.90 Å². The lowest BCUT2D eigenvalue weighted by molar-refractivity contribution is -0.142. The second-order valence-electron chi connectivity index (χ2n) is 3.89. The Morgan fingerprint density at radius 3 is 2.93 bits per heavy atom. The van der Waals surface area contributed by atoms with Gasteiger partial charge < -0.3 is 10.0 Å². The molecule has 0 spiro atoms. The Morgan fingerprint density at radius 2 is 2.40 bits per heavy atom. The summed E-state index contributed by atoms with van der Waals surface area (Å²) in [6.45, 7) is 3.24. The molecule has 5 heteroatoms. The Balaban J connectivity index is 2.13. The van der Waals surface area contributed by atoms with Crippen molar-refractivity contribution in [2.45, 2.75) is 6.92 Å². The van der Waals surface area contributed by atoms with Gasteiger partial charge in [0, 0.05) is 19.3 Å². The fourth-order valence-corrected chi connectivity index (χ4v) is 1.95. The van der Waals surface area contributed by atoms with Gasteiger partial charge in [-0.15, -0.1) is 0 Å². The molecular weight excluding hydrogens is 194 g/mol. The molecule has 2 heterocycles. The largest absolute Gasteiger partial charge is 0.481 e. The maximum atomic E-state index is 10.9. The van der Waals surface area contributed by atoms with Gasteiger partial charge in [0.15, 0.2) is 0 Å². The number of carboxylic acid groups (broad SMARTS) is 1. The maximum absolute atomic E-state index is 10.9. The molecule has 0 aromatic carbocycles. The number of aromatic nitrogens is 2. The summed E-state index contributed by atoms with van der Waals surface area (Å²) in [4.78, 5) is 20.9. The lowest BCUT2D eigenvalue weighted by atomic mass is 9.99. The highest BCUT2D eigenvalue weighted by Crippen LogP contribution is 2.26. The number of anilines is 1. The van der Waals surface area contributed by atoms with Gasteiger partial charge >= 0.3 is 5.97 Å². The van der Waals surface area contributed by atoms with Gasteiger partial charge in [-0.1, -0.05) is 6.92 Å². The summed E-state index contributed by atoms with van der Waals surface area (Å²) in [5.41, 5.74) is 0. The Kier molecular flexibility index (Phi) is 2.53. The molecule has 1 aliphatic rings. The van der Waals surface area contributed by atoms with E-state index in [1.165, 1.54) is 6.33 Å². The van der Waals surface area contributed by atoms with Crippen molar-refractivity contribution in [3.63, 3.8) is 0 Å². The molecule has 0 aliphatic carbocycles. The van der Waals surface area contributed by atoms with Crippen molar-refractivity contribution in [1.29, 1.82) is 0 Å². The monoisotopic (exact) mass is 207 g/mol. The number of carboxylic acids is 1. The Hall–Kier alpha value is -1.65. The maximum Gasteiger partial charge on any atom is 0.308 e. The summed E-state index contributed by atoms with van der Waals surface area (Å²) in [6.07, 6.45) is 3.15. The molecule has 1 aliphatic heterocycles. The first-order chi connectivity index (χ1) is 7.18. The van der Waals surface area contributed by atoms with Crippen molar-refractivity contribution in [3.05, 3.63) is 18.6 Å². The molecular formula is C10H13N3O2. The second-order valence-corrected chi connectivity index (χ2v) is 3.89. The van der Waals surface area contributed by atoms with Crippen molar-refractivity contribution in [1.82, 2.24) is 9.97 Å². The molecule has 0 bridgehead atoms. The zero-order valence-electron chi connectivity index (χ0n) is 8.50. The highest BCUT2D eigenvalue weighted by atomic mass is 16.4. The van der Waals surface area contributed by atoms with Gasteiger partial charge in [0.2, 0.25) is 0 Å². The van der Waals surface area contributed by atoms with E-state index in [0.717, 1.165) is 12.4 Å². The topological polar surface area (TPSA) is 66.3 Å². The minimum Gasteiger partial charge on any atom is -0.481 e. The zero-order valence-corrected chi connectivity index (χ0v) is 8.50. The van der Waals surface area contributed by atoms with Crippen LogP contribution in [0, 0.1) is 11.8 Å². The fourth-order valence-electron chi connectivity index (χ4n) is 1.95. The highest BCUT2D eigenvalue weighted by molar-refractivity contribution is 5.72. The molecule has 1 N–H and O–H groups in total. The molecule has 80 valence electrons. The lowest BCUT2D eigenvalue weighted by Gasteiger charge is -2.15. The normalized spacial score (nSPS) is 25.5. The van der Waals surface area contributed by atoms with Crippen LogP contribution in [0.1, 0.15) is 6.92 Å². The van der Waals surface area contributed by atoms with E-state index in [1.807, 2.05) is 11.8 Å². The summed E-state index contributed by atoms with van der Waals surface area (Å²) in [5, 5.41) is 8.99. The van der Waals surface area contributed by atoms with Gasteiger partial charge in [0.05, 0.1) is 5.92 Å². The van der Waals surface area contributed by atoms with E-state index >= 15 is 0 Å². The third kappa shape index (κ3) is 1.91. The van der Waals surface area contributed by atoms with E-state index in [2.05, 4.69) is 9.97 Å². The first-order valence-corrected chi connectivity index (χ1v) is 4.92. The van der Waals surface area contributed by atoms with Crippen molar-refractivity contribution in [3.8, 4) is 0 Å². The van der Waals surface area contributed by atoms with E-state index < -0.39 is 5.97 Å². The van der Waals surface area contributed by atoms with Crippen LogP contribution in [0.4, 0.5) is 5.82 Å². The van der Waals surface area contributed by atoms with Crippen LogP contribution in [0.15, 0.2) is 18.6 Å². The quantitative estimate of drug-likeness (QED) is 0.770. The lowest BCUT2D eigenvalue weighted by Crippen LogP contribution is -2.23. The zero-order chi connectivity index (χ0) is 10.8. The number of nitrogens with zero attached hydrogens (tertiary/aromatic N) is 3. The summed E-state index contributed by atoms with van der Waals surface area (Å²) in [7, 11) is 0. The van der Waals surface area contributed by atoms with E-state index in [4.69, 9.17) is 5.11 Å². The number of hydrogen-bond acceptors (Lipinski definition) is 4. The predicted molar refractivity (Wildman–Crippen MR) is 54.5 cm³/mol. The summed E-state index contributed by atoms with van der Waals surface area (Å²) < 4.78 is 0. The van der Waals surface area contributed by atoms with E-state index in [9.17, 15) is 4.79 Å². The fraction of sp³-hybridized carbons (Fsp3) is 0.500. The number of hydrogen-bond donors (Lipinski definition) is 1. The molecule has 2 atom stereocenters. The van der Waals surface area contributed by atoms with Crippen LogP contribution in [0.3, 0.4) is 0 Å².